The average molecular weight is 358 g/mol. The van der Waals surface area contributed by atoms with E-state index in [-0.39, 0.29) is 24.0 Å². The van der Waals surface area contributed by atoms with E-state index in [2.05, 4.69) is 10.3 Å². The molecular formula is C19H16F2N2OS. The molecule has 0 saturated heterocycles. The first-order valence-electron chi connectivity index (χ1n) is 7.77. The van der Waals surface area contributed by atoms with Crippen LogP contribution >= 0.6 is 11.3 Å². The second kappa shape index (κ2) is 7.98. The predicted octanol–water partition coefficient (Wildman–Crippen LogP) is 3.87. The zero-order valence-corrected chi connectivity index (χ0v) is 14.2. The molecule has 0 aliphatic heterocycles. The van der Waals surface area contributed by atoms with E-state index in [0.717, 1.165) is 21.0 Å². The van der Waals surface area contributed by atoms with Crippen molar-refractivity contribution >= 4 is 17.2 Å². The molecule has 1 heterocycles. The molecule has 128 valence electrons. The highest BCUT2D eigenvalue weighted by Crippen LogP contribution is 2.17. The molecule has 25 heavy (non-hydrogen) atoms. The number of aromatic nitrogens is 1. The second-order valence-electron chi connectivity index (χ2n) is 5.60. The Morgan fingerprint density at radius 2 is 1.56 bits per heavy atom. The Labute approximate surface area is 148 Å². The van der Waals surface area contributed by atoms with Gasteiger partial charge in [-0.25, -0.2) is 13.8 Å². The van der Waals surface area contributed by atoms with Crippen molar-refractivity contribution in [1.82, 2.24) is 10.3 Å². The Kier molecular flexibility index (Phi) is 5.50. The summed E-state index contributed by atoms with van der Waals surface area (Å²) in [6, 6.07) is 12.2. The van der Waals surface area contributed by atoms with Crippen LogP contribution in [0.4, 0.5) is 8.78 Å². The zero-order chi connectivity index (χ0) is 17.6. The van der Waals surface area contributed by atoms with E-state index in [9.17, 15) is 13.6 Å². The first-order chi connectivity index (χ1) is 12.1. The van der Waals surface area contributed by atoms with Crippen molar-refractivity contribution in [1.29, 1.82) is 0 Å². The van der Waals surface area contributed by atoms with Gasteiger partial charge < -0.3 is 5.32 Å². The highest BCUT2D eigenvalue weighted by molar-refractivity contribution is 7.11. The lowest BCUT2D eigenvalue weighted by molar-refractivity contribution is -0.120. The molecule has 0 bridgehead atoms. The van der Waals surface area contributed by atoms with Gasteiger partial charge in [0.1, 0.15) is 16.6 Å². The van der Waals surface area contributed by atoms with E-state index in [1.54, 1.807) is 30.5 Å². The van der Waals surface area contributed by atoms with Gasteiger partial charge in [0.25, 0.3) is 0 Å². The number of carbonyl (C=O) groups excluding carboxylic acids is 1. The standard InChI is InChI=1S/C19H16F2N2OS/c20-15-5-1-13(2-6-15)9-17-11-23-19(25-17)12-22-18(24)10-14-3-7-16(21)8-4-14/h1-8,11H,9-10,12H2,(H,22,24). The third kappa shape index (κ3) is 5.19. The highest BCUT2D eigenvalue weighted by Gasteiger charge is 2.07. The summed E-state index contributed by atoms with van der Waals surface area (Å²) in [7, 11) is 0. The van der Waals surface area contributed by atoms with Crippen LogP contribution in [-0.4, -0.2) is 10.9 Å². The highest BCUT2D eigenvalue weighted by atomic mass is 32.1. The summed E-state index contributed by atoms with van der Waals surface area (Å²) < 4.78 is 25.8. The topological polar surface area (TPSA) is 42.0 Å². The number of halogens is 2. The Balaban J connectivity index is 1.50. The summed E-state index contributed by atoms with van der Waals surface area (Å²) in [6.45, 7) is 0.355. The van der Waals surface area contributed by atoms with Crippen molar-refractivity contribution in [2.75, 3.05) is 0 Å². The lowest BCUT2D eigenvalue weighted by Gasteiger charge is -2.03. The van der Waals surface area contributed by atoms with Crippen LogP contribution in [-0.2, 0) is 24.2 Å². The van der Waals surface area contributed by atoms with Crippen molar-refractivity contribution < 1.29 is 13.6 Å². The molecule has 3 rings (SSSR count). The van der Waals surface area contributed by atoms with Crippen LogP contribution in [0.1, 0.15) is 21.0 Å². The fourth-order valence-corrected chi connectivity index (χ4v) is 3.24. The minimum absolute atomic E-state index is 0.137. The number of thiazole rings is 1. The maximum atomic E-state index is 12.9. The minimum atomic E-state index is -0.319. The van der Waals surface area contributed by atoms with E-state index >= 15 is 0 Å². The number of benzene rings is 2. The van der Waals surface area contributed by atoms with Crippen molar-refractivity contribution in [2.45, 2.75) is 19.4 Å². The van der Waals surface area contributed by atoms with Crippen molar-refractivity contribution in [3.63, 3.8) is 0 Å². The van der Waals surface area contributed by atoms with Crippen LogP contribution in [0.15, 0.2) is 54.7 Å². The third-order valence-electron chi connectivity index (χ3n) is 3.61. The largest absolute Gasteiger partial charge is 0.349 e. The Hall–Kier alpha value is -2.60. The molecule has 0 unspecified atom stereocenters. The van der Waals surface area contributed by atoms with Crippen LogP contribution in [0.25, 0.3) is 0 Å². The number of amides is 1. The van der Waals surface area contributed by atoms with Gasteiger partial charge in [0.05, 0.1) is 13.0 Å². The zero-order valence-electron chi connectivity index (χ0n) is 13.3. The van der Waals surface area contributed by atoms with E-state index in [1.165, 1.54) is 35.6 Å². The number of rotatable bonds is 6. The molecule has 0 aliphatic carbocycles. The van der Waals surface area contributed by atoms with Gasteiger partial charge in [-0.15, -0.1) is 11.3 Å². The molecule has 3 aromatic rings. The molecule has 1 aromatic heterocycles. The van der Waals surface area contributed by atoms with Crippen LogP contribution in [0, 0.1) is 11.6 Å². The van der Waals surface area contributed by atoms with E-state index in [4.69, 9.17) is 0 Å². The Morgan fingerprint density at radius 1 is 0.960 bits per heavy atom. The first-order valence-corrected chi connectivity index (χ1v) is 8.59. The monoisotopic (exact) mass is 358 g/mol. The van der Waals surface area contributed by atoms with Crippen molar-refractivity contribution in [2.24, 2.45) is 0 Å². The summed E-state index contributed by atoms with van der Waals surface area (Å²) >= 11 is 1.51. The van der Waals surface area contributed by atoms with Gasteiger partial charge in [-0.05, 0) is 35.4 Å². The fraction of sp³-hybridized carbons (Fsp3) is 0.158. The quantitative estimate of drug-likeness (QED) is 0.727. The van der Waals surface area contributed by atoms with Crippen molar-refractivity contribution in [3.05, 3.63) is 87.4 Å². The van der Waals surface area contributed by atoms with Gasteiger partial charge in [-0.2, -0.15) is 0 Å². The SMILES string of the molecule is O=C(Cc1ccc(F)cc1)NCc1ncc(Cc2ccc(F)cc2)s1. The summed E-state index contributed by atoms with van der Waals surface area (Å²) in [5.74, 6) is -0.708. The molecule has 1 N–H and O–H groups in total. The average Bonchev–Trinajstić information content (AvgIpc) is 3.05. The van der Waals surface area contributed by atoms with Gasteiger partial charge in [0, 0.05) is 17.5 Å². The van der Waals surface area contributed by atoms with E-state index in [0.29, 0.717) is 13.0 Å². The van der Waals surface area contributed by atoms with Gasteiger partial charge in [0.2, 0.25) is 5.91 Å². The fourth-order valence-electron chi connectivity index (χ4n) is 2.34. The number of carbonyl (C=O) groups is 1. The van der Waals surface area contributed by atoms with Crippen LogP contribution < -0.4 is 5.32 Å². The van der Waals surface area contributed by atoms with E-state index in [1.807, 2.05) is 0 Å². The number of nitrogens with zero attached hydrogens (tertiary/aromatic N) is 1. The molecule has 6 heteroatoms. The number of nitrogens with one attached hydrogen (secondary N) is 1. The third-order valence-corrected chi connectivity index (χ3v) is 4.61. The molecule has 0 atom stereocenters. The normalized spacial score (nSPS) is 10.6. The van der Waals surface area contributed by atoms with Crippen LogP contribution in [0.2, 0.25) is 0 Å². The van der Waals surface area contributed by atoms with Gasteiger partial charge in [-0.3, -0.25) is 4.79 Å². The molecule has 1 amide bonds. The van der Waals surface area contributed by atoms with E-state index < -0.39 is 0 Å². The molecule has 0 aliphatic rings. The van der Waals surface area contributed by atoms with Gasteiger partial charge >= 0.3 is 0 Å². The maximum Gasteiger partial charge on any atom is 0.224 e. The molecule has 3 nitrogen and oxygen atoms in total. The van der Waals surface area contributed by atoms with Gasteiger partial charge in [-0.1, -0.05) is 24.3 Å². The number of hydrogen-bond donors (Lipinski definition) is 1. The first kappa shape index (κ1) is 17.2. The molecular weight excluding hydrogens is 342 g/mol. The summed E-state index contributed by atoms with van der Waals surface area (Å²) in [5, 5.41) is 3.62. The molecule has 0 radical (unpaired) electrons. The molecule has 2 aromatic carbocycles. The predicted molar refractivity (Wildman–Crippen MR) is 93.3 cm³/mol. The molecule has 0 saturated carbocycles. The Morgan fingerprint density at radius 3 is 2.20 bits per heavy atom. The second-order valence-corrected chi connectivity index (χ2v) is 6.80. The van der Waals surface area contributed by atoms with Crippen molar-refractivity contribution in [3.8, 4) is 0 Å². The van der Waals surface area contributed by atoms with Gasteiger partial charge in [0.15, 0.2) is 0 Å². The summed E-state index contributed by atoms with van der Waals surface area (Å²) in [6.07, 6.45) is 2.66. The molecule has 0 fully saturated rings. The van der Waals surface area contributed by atoms with Crippen LogP contribution in [0.5, 0.6) is 0 Å². The summed E-state index contributed by atoms with van der Waals surface area (Å²) in [5.41, 5.74) is 1.77. The van der Waals surface area contributed by atoms with Crippen LogP contribution in [0.3, 0.4) is 0 Å². The Bertz CT molecular complexity index is 845. The summed E-state index contributed by atoms with van der Waals surface area (Å²) in [4.78, 5) is 17.3. The lowest BCUT2D eigenvalue weighted by atomic mass is 10.1. The number of hydrogen-bond acceptors (Lipinski definition) is 3. The molecule has 0 spiro atoms. The minimum Gasteiger partial charge on any atom is -0.349 e. The lowest BCUT2D eigenvalue weighted by Crippen LogP contribution is -2.24. The smallest absolute Gasteiger partial charge is 0.224 e. The maximum absolute atomic E-state index is 12.9.